The fourth-order valence-electron chi connectivity index (χ4n) is 1.97. The fourth-order valence-corrected chi connectivity index (χ4v) is 3.01. The molecule has 0 radical (unpaired) electrons. The number of hydrogen-bond donors (Lipinski definition) is 1. The van der Waals surface area contributed by atoms with E-state index in [4.69, 9.17) is 0 Å². The van der Waals surface area contributed by atoms with Crippen molar-refractivity contribution >= 4 is 11.8 Å². The molecule has 0 aromatic heterocycles. The average molecular weight is 279 g/mol. The summed E-state index contributed by atoms with van der Waals surface area (Å²) in [7, 11) is 0. The summed E-state index contributed by atoms with van der Waals surface area (Å²) in [6, 6.07) is 9.64. The molecule has 0 spiro atoms. The molecule has 1 aromatic carbocycles. The van der Waals surface area contributed by atoms with Gasteiger partial charge in [0.25, 0.3) is 0 Å². The minimum Gasteiger partial charge on any atom is -0.310 e. The molecule has 0 aliphatic rings. The Morgan fingerprint density at radius 2 is 1.74 bits per heavy atom. The topological polar surface area (TPSA) is 12.0 Å². The Labute approximate surface area is 123 Å². The van der Waals surface area contributed by atoms with Gasteiger partial charge in [-0.3, -0.25) is 0 Å². The molecule has 0 bridgehead atoms. The van der Waals surface area contributed by atoms with Gasteiger partial charge in [-0.25, -0.2) is 0 Å². The van der Waals surface area contributed by atoms with Crippen molar-refractivity contribution in [1.82, 2.24) is 5.32 Å². The van der Waals surface area contributed by atoms with E-state index in [0.717, 1.165) is 18.9 Å². The molecule has 1 rings (SSSR count). The molecule has 0 aliphatic heterocycles. The van der Waals surface area contributed by atoms with Gasteiger partial charge in [0.15, 0.2) is 0 Å². The van der Waals surface area contributed by atoms with Crippen molar-refractivity contribution in [2.45, 2.75) is 57.9 Å². The summed E-state index contributed by atoms with van der Waals surface area (Å²) < 4.78 is 0. The first kappa shape index (κ1) is 16.6. The maximum atomic E-state index is 3.61. The van der Waals surface area contributed by atoms with Crippen LogP contribution in [0.15, 0.2) is 29.2 Å². The Balaban J connectivity index is 2.54. The van der Waals surface area contributed by atoms with E-state index in [2.05, 4.69) is 57.3 Å². The molecule has 1 N–H and O–H groups in total. The maximum absolute atomic E-state index is 3.61. The van der Waals surface area contributed by atoms with Crippen LogP contribution in [0, 0.1) is 5.92 Å². The van der Waals surface area contributed by atoms with E-state index in [1.165, 1.54) is 29.1 Å². The molecule has 108 valence electrons. The molecule has 0 amide bonds. The summed E-state index contributed by atoms with van der Waals surface area (Å²) in [6.45, 7) is 10.2. The number of thioether (sulfide) groups is 1. The zero-order valence-corrected chi connectivity index (χ0v) is 13.7. The van der Waals surface area contributed by atoms with E-state index in [0.29, 0.717) is 6.04 Å². The highest BCUT2D eigenvalue weighted by Crippen LogP contribution is 2.24. The summed E-state index contributed by atoms with van der Waals surface area (Å²) in [5, 5.41) is 3.61. The summed E-state index contributed by atoms with van der Waals surface area (Å²) in [5.41, 5.74) is 1.42. The Bertz CT molecular complexity index is 334. The van der Waals surface area contributed by atoms with Gasteiger partial charge in [-0.2, -0.15) is 0 Å². The lowest BCUT2D eigenvalue weighted by Crippen LogP contribution is -2.21. The zero-order chi connectivity index (χ0) is 14.1. The SMILES string of the molecule is CCCNC(CC)c1ccc(SCC(C)CC)cc1. The lowest BCUT2D eigenvalue weighted by atomic mass is 10.0. The third-order valence-corrected chi connectivity index (χ3v) is 4.90. The van der Waals surface area contributed by atoms with Crippen LogP contribution in [-0.4, -0.2) is 12.3 Å². The molecule has 2 heteroatoms. The van der Waals surface area contributed by atoms with Crippen molar-refractivity contribution in [3.05, 3.63) is 29.8 Å². The second kappa shape index (κ2) is 9.44. The molecule has 0 fully saturated rings. The highest BCUT2D eigenvalue weighted by molar-refractivity contribution is 7.99. The summed E-state index contributed by atoms with van der Waals surface area (Å²) in [6.07, 6.45) is 3.61. The van der Waals surface area contributed by atoms with Gasteiger partial charge in [0.05, 0.1) is 0 Å². The molecule has 19 heavy (non-hydrogen) atoms. The predicted octanol–water partition coefficient (Wildman–Crippen LogP) is 5.28. The fraction of sp³-hybridized carbons (Fsp3) is 0.647. The molecule has 2 unspecified atom stereocenters. The minimum absolute atomic E-state index is 0.508. The van der Waals surface area contributed by atoms with Crippen LogP contribution in [0.2, 0.25) is 0 Å². The van der Waals surface area contributed by atoms with Crippen LogP contribution >= 0.6 is 11.8 Å². The van der Waals surface area contributed by atoms with E-state index in [-0.39, 0.29) is 0 Å². The highest BCUT2D eigenvalue weighted by Gasteiger charge is 2.08. The van der Waals surface area contributed by atoms with Crippen molar-refractivity contribution in [1.29, 1.82) is 0 Å². The largest absolute Gasteiger partial charge is 0.310 e. The van der Waals surface area contributed by atoms with Gasteiger partial charge in [0.2, 0.25) is 0 Å². The van der Waals surface area contributed by atoms with Gasteiger partial charge < -0.3 is 5.32 Å². The smallest absolute Gasteiger partial charge is 0.0317 e. The monoisotopic (exact) mass is 279 g/mol. The highest BCUT2D eigenvalue weighted by atomic mass is 32.2. The normalized spacial score (nSPS) is 14.3. The van der Waals surface area contributed by atoms with Crippen LogP contribution < -0.4 is 5.32 Å². The minimum atomic E-state index is 0.508. The Morgan fingerprint density at radius 1 is 1.05 bits per heavy atom. The molecule has 0 saturated carbocycles. The van der Waals surface area contributed by atoms with Gasteiger partial charge in [0, 0.05) is 16.7 Å². The predicted molar refractivity (Wildman–Crippen MR) is 87.9 cm³/mol. The number of rotatable bonds is 9. The first-order chi connectivity index (χ1) is 9.21. The summed E-state index contributed by atoms with van der Waals surface area (Å²) in [5.74, 6) is 2.03. The van der Waals surface area contributed by atoms with Crippen LogP contribution in [-0.2, 0) is 0 Å². The molecule has 0 saturated heterocycles. The summed E-state index contributed by atoms with van der Waals surface area (Å²) >= 11 is 1.98. The quantitative estimate of drug-likeness (QED) is 0.618. The van der Waals surface area contributed by atoms with Gasteiger partial charge in [-0.1, -0.05) is 46.2 Å². The van der Waals surface area contributed by atoms with Gasteiger partial charge in [-0.05, 0) is 43.0 Å². The number of hydrogen-bond acceptors (Lipinski definition) is 2. The van der Waals surface area contributed by atoms with Crippen LogP contribution in [0.1, 0.15) is 58.6 Å². The van der Waals surface area contributed by atoms with E-state index in [1.54, 1.807) is 0 Å². The third kappa shape index (κ3) is 6.01. The zero-order valence-electron chi connectivity index (χ0n) is 12.9. The second-order valence-electron chi connectivity index (χ2n) is 5.31. The Hall–Kier alpha value is -0.470. The van der Waals surface area contributed by atoms with Gasteiger partial charge in [0.1, 0.15) is 0 Å². The van der Waals surface area contributed by atoms with Crippen molar-refractivity contribution in [3.8, 4) is 0 Å². The van der Waals surface area contributed by atoms with E-state index in [1.807, 2.05) is 11.8 Å². The standard InChI is InChI=1S/C17H29NS/c1-5-12-18-17(7-3)15-8-10-16(11-9-15)19-13-14(4)6-2/h8-11,14,17-18H,5-7,12-13H2,1-4H3. The van der Waals surface area contributed by atoms with Crippen molar-refractivity contribution in [2.75, 3.05) is 12.3 Å². The first-order valence-corrected chi connectivity index (χ1v) is 8.65. The maximum Gasteiger partial charge on any atom is 0.0317 e. The van der Waals surface area contributed by atoms with Crippen molar-refractivity contribution < 1.29 is 0 Å². The van der Waals surface area contributed by atoms with Gasteiger partial charge in [-0.15, -0.1) is 11.8 Å². The third-order valence-electron chi connectivity index (χ3n) is 3.56. The molecule has 0 heterocycles. The van der Waals surface area contributed by atoms with Crippen LogP contribution in [0.5, 0.6) is 0 Å². The lowest BCUT2D eigenvalue weighted by molar-refractivity contribution is 0.518. The van der Waals surface area contributed by atoms with E-state index in [9.17, 15) is 0 Å². The van der Waals surface area contributed by atoms with E-state index < -0.39 is 0 Å². The molecule has 2 atom stereocenters. The first-order valence-electron chi connectivity index (χ1n) is 7.67. The molecule has 0 aliphatic carbocycles. The van der Waals surface area contributed by atoms with Crippen LogP contribution in [0.4, 0.5) is 0 Å². The molecule has 1 aromatic rings. The van der Waals surface area contributed by atoms with Gasteiger partial charge >= 0.3 is 0 Å². The van der Waals surface area contributed by atoms with Crippen molar-refractivity contribution in [2.24, 2.45) is 5.92 Å². The van der Waals surface area contributed by atoms with Crippen LogP contribution in [0.3, 0.4) is 0 Å². The van der Waals surface area contributed by atoms with Crippen molar-refractivity contribution in [3.63, 3.8) is 0 Å². The molecule has 1 nitrogen and oxygen atoms in total. The number of nitrogens with one attached hydrogen (secondary N) is 1. The van der Waals surface area contributed by atoms with Crippen LogP contribution in [0.25, 0.3) is 0 Å². The van der Waals surface area contributed by atoms with E-state index >= 15 is 0 Å². The second-order valence-corrected chi connectivity index (χ2v) is 6.40. The Kier molecular flexibility index (Phi) is 8.24. The summed E-state index contributed by atoms with van der Waals surface area (Å²) in [4.78, 5) is 1.40. The molecular formula is C17H29NS. The molecular weight excluding hydrogens is 250 g/mol. The number of benzene rings is 1. The Morgan fingerprint density at radius 3 is 2.26 bits per heavy atom. The lowest BCUT2D eigenvalue weighted by Gasteiger charge is -2.17. The average Bonchev–Trinajstić information content (AvgIpc) is 2.46.